The number of fused-ring (bicyclic) bond motifs is 1. The Morgan fingerprint density at radius 1 is 1.19 bits per heavy atom. The van der Waals surface area contributed by atoms with E-state index in [-0.39, 0.29) is 0 Å². The second-order valence-corrected chi connectivity index (χ2v) is 8.31. The lowest BCUT2D eigenvalue weighted by Gasteiger charge is -2.37. The summed E-state index contributed by atoms with van der Waals surface area (Å²) in [5.41, 5.74) is 0.420. The van der Waals surface area contributed by atoms with Crippen LogP contribution in [0.1, 0.15) is 46.5 Å². The van der Waals surface area contributed by atoms with Gasteiger partial charge < -0.3 is 5.32 Å². The van der Waals surface area contributed by atoms with E-state index in [1.165, 1.54) is 25.7 Å². The van der Waals surface area contributed by atoms with Gasteiger partial charge >= 0.3 is 0 Å². The van der Waals surface area contributed by atoms with Crippen molar-refractivity contribution in [1.82, 2.24) is 9.97 Å². The maximum absolute atomic E-state index is 6.27. The summed E-state index contributed by atoms with van der Waals surface area (Å²) in [5, 5.41) is 7.25. The third-order valence-electron chi connectivity index (χ3n) is 4.62. The van der Waals surface area contributed by atoms with Crippen LogP contribution in [0.3, 0.4) is 0 Å². The lowest BCUT2D eigenvalue weighted by atomic mass is 9.71. The molecule has 2 aromatic heterocycles. The van der Waals surface area contributed by atoms with Gasteiger partial charge in [-0.05, 0) is 37.0 Å². The van der Waals surface area contributed by atoms with Crippen molar-refractivity contribution in [2.24, 2.45) is 11.3 Å². The van der Waals surface area contributed by atoms with Gasteiger partial charge in [0.25, 0.3) is 0 Å². The Labute approximate surface area is 135 Å². The molecule has 0 aliphatic heterocycles. The zero-order valence-electron chi connectivity index (χ0n) is 12.8. The molecule has 2 heterocycles. The standard InChI is InChI=1S/C16H22ClN3S/c1-16(2,3)10-4-6-11(7-5-10)20-14-13-12(17)8-21-15(13)19-9-18-14/h8-11H,4-7H2,1-3H3,(H,18,19,20). The van der Waals surface area contributed by atoms with Gasteiger partial charge in [0.2, 0.25) is 0 Å². The topological polar surface area (TPSA) is 37.8 Å². The highest BCUT2D eigenvalue weighted by molar-refractivity contribution is 7.17. The number of hydrogen-bond donors (Lipinski definition) is 1. The molecule has 1 aliphatic rings. The molecular weight excluding hydrogens is 302 g/mol. The van der Waals surface area contributed by atoms with Crippen LogP contribution in [-0.4, -0.2) is 16.0 Å². The summed E-state index contributed by atoms with van der Waals surface area (Å²) in [6.07, 6.45) is 6.60. The molecule has 0 amide bonds. The minimum absolute atomic E-state index is 0.420. The molecule has 5 heteroatoms. The van der Waals surface area contributed by atoms with Crippen molar-refractivity contribution in [3.63, 3.8) is 0 Å². The fourth-order valence-electron chi connectivity index (χ4n) is 3.25. The molecule has 0 radical (unpaired) electrons. The quantitative estimate of drug-likeness (QED) is 0.808. The van der Waals surface area contributed by atoms with Gasteiger partial charge in [0.05, 0.1) is 10.4 Å². The summed E-state index contributed by atoms with van der Waals surface area (Å²) in [6, 6.07) is 0.498. The summed E-state index contributed by atoms with van der Waals surface area (Å²) >= 11 is 7.84. The van der Waals surface area contributed by atoms with E-state index in [9.17, 15) is 0 Å². The van der Waals surface area contributed by atoms with Gasteiger partial charge in [-0.2, -0.15) is 0 Å². The van der Waals surface area contributed by atoms with Crippen LogP contribution in [0, 0.1) is 11.3 Å². The molecule has 114 valence electrons. The van der Waals surface area contributed by atoms with E-state index in [2.05, 4.69) is 36.1 Å². The fourth-order valence-corrected chi connectivity index (χ4v) is 4.38. The Kier molecular flexibility index (Phi) is 4.10. The van der Waals surface area contributed by atoms with E-state index < -0.39 is 0 Å². The number of anilines is 1. The van der Waals surface area contributed by atoms with Crippen LogP contribution in [0.2, 0.25) is 5.02 Å². The van der Waals surface area contributed by atoms with Crippen LogP contribution in [0.15, 0.2) is 11.7 Å². The predicted octanol–water partition coefficient (Wildman–Crippen LogP) is 5.36. The number of nitrogens with one attached hydrogen (secondary N) is 1. The molecule has 0 bridgehead atoms. The van der Waals surface area contributed by atoms with Gasteiger partial charge in [0.15, 0.2) is 0 Å². The van der Waals surface area contributed by atoms with Crippen LogP contribution in [0.25, 0.3) is 10.2 Å². The summed E-state index contributed by atoms with van der Waals surface area (Å²) in [5.74, 6) is 1.72. The number of hydrogen-bond acceptors (Lipinski definition) is 4. The highest BCUT2D eigenvalue weighted by atomic mass is 35.5. The molecule has 1 fully saturated rings. The van der Waals surface area contributed by atoms with Crippen LogP contribution in [0.5, 0.6) is 0 Å². The smallest absolute Gasteiger partial charge is 0.139 e. The average molecular weight is 324 g/mol. The Morgan fingerprint density at radius 3 is 2.57 bits per heavy atom. The van der Waals surface area contributed by atoms with Crippen molar-refractivity contribution >= 4 is 39.0 Å². The number of halogens is 1. The van der Waals surface area contributed by atoms with Crippen LogP contribution in [-0.2, 0) is 0 Å². The Hall–Kier alpha value is -0.870. The third kappa shape index (κ3) is 3.16. The summed E-state index contributed by atoms with van der Waals surface area (Å²) in [6.45, 7) is 7.06. The van der Waals surface area contributed by atoms with E-state index in [0.717, 1.165) is 27.0 Å². The molecule has 0 saturated heterocycles. The lowest BCUT2D eigenvalue weighted by Crippen LogP contribution is -2.31. The summed E-state index contributed by atoms with van der Waals surface area (Å²) in [7, 11) is 0. The first kappa shape index (κ1) is 15.0. The van der Waals surface area contributed by atoms with Crippen molar-refractivity contribution in [3.8, 4) is 0 Å². The van der Waals surface area contributed by atoms with E-state index >= 15 is 0 Å². The van der Waals surface area contributed by atoms with Crippen molar-refractivity contribution in [3.05, 3.63) is 16.7 Å². The molecule has 21 heavy (non-hydrogen) atoms. The fraction of sp³-hybridized carbons (Fsp3) is 0.625. The van der Waals surface area contributed by atoms with Gasteiger partial charge in [0.1, 0.15) is 17.0 Å². The molecule has 3 nitrogen and oxygen atoms in total. The third-order valence-corrected chi connectivity index (χ3v) is 5.93. The van der Waals surface area contributed by atoms with E-state index in [1.807, 2.05) is 5.38 Å². The molecule has 0 spiro atoms. The first-order valence-electron chi connectivity index (χ1n) is 7.59. The molecule has 3 rings (SSSR count). The Morgan fingerprint density at radius 2 is 1.90 bits per heavy atom. The van der Waals surface area contributed by atoms with Crippen molar-refractivity contribution < 1.29 is 0 Å². The number of thiophene rings is 1. The molecule has 0 atom stereocenters. The van der Waals surface area contributed by atoms with Crippen LogP contribution >= 0.6 is 22.9 Å². The highest BCUT2D eigenvalue weighted by Crippen LogP contribution is 2.39. The van der Waals surface area contributed by atoms with Crippen molar-refractivity contribution in [1.29, 1.82) is 0 Å². The van der Waals surface area contributed by atoms with Crippen LogP contribution < -0.4 is 5.32 Å². The summed E-state index contributed by atoms with van der Waals surface area (Å²) in [4.78, 5) is 9.64. The van der Waals surface area contributed by atoms with Gasteiger partial charge in [-0.1, -0.05) is 32.4 Å². The monoisotopic (exact) mass is 323 g/mol. The van der Waals surface area contributed by atoms with E-state index in [4.69, 9.17) is 11.6 Å². The van der Waals surface area contributed by atoms with Gasteiger partial charge in [0, 0.05) is 11.4 Å². The van der Waals surface area contributed by atoms with Gasteiger partial charge in [-0.3, -0.25) is 0 Å². The van der Waals surface area contributed by atoms with Crippen molar-refractivity contribution in [2.75, 3.05) is 5.32 Å². The number of aromatic nitrogens is 2. The molecule has 1 aliphatic carbocycles. The zero-order chi connectivity index (χ0) is 15.0. The van der Waals surface area contributed by atoms with Gasteiger partial charge in [-0.25, -0.2) is 9.97 Å². The second-order valence-electron chi connectivity index (χ2n) is 7.04. The molecule has 1 N–H and O–H groups in total. The van der Waals surface area contributed by atoms with E-state index in [1.54, 1.807) is 17.7 Å². The molecule has 1 saturated carbocycles. The zero-order valence-corrected chi connectivity index (χ0v) is 14.4. The maximum Gasteiger partial charge on any atom is 0.139 e. The lowest BCUT2D eigenvalue weighted by molar-refractivity contribution is 0.173. The number of nitrogens with zero attached hydrogens (tertiary/aromatic N) is 2. The second kappa shape index (κ2) is 5.73. The predicted molar refractivity (Wildman–Crippen MR) is 91.2 cm³/mol. The normalized spacial score (nSPS) is 23.4. The van der Waals surface area contributed by atoms with Gasteiger partial charge in [-0.15, -0.1) is 11.3 Å². The Balaban J connectivity index is 1.71. The highest BCUT2D eigenvalue weighted by Gasteiger charge is 2.30. The molecule has 0 aromatic carbocycles. The first-order valence-corrected chi connectivity index (χ1v) is 8.85. The van der Waals surface area contributed by atoms with Crippen molar-refractivity contribution in [2.45, 2.75) is 52.5 Å². The first-order chi connectivity index (χ1) is 9.95. The maximum atomic E-state index is 6.27. The molecule has 2 aromatic rings. The molecular formula is C16H22ClN3S. The minimum Gasteiger partial charge on any atom is -0.367 e. The SMILES string of the molecule is CC(C)(C)C1CCC(Nc2ncnc3scc(Cl)c23)CC1. The average Bonchev–Trinajstić information content (AvgIpc) is 2.81. The molecule has 0 unspecified atom stereocenters. The number of rotatable bonds is 2. The largest absolute Gasteiger partial charge is 0.367 e. The van der Waals surface area contributed by atoms with Crippen LogP contribution in [0.4, 0.5) is 5.82 Å². The minimum atomic E-state index is 0.420. The summed E-state index contributed by atoms with van der Waals surface area (Å²) < 4.78 is 0. The Bertz CT molecular complexity index is 624. The van der Waals surface area contributed by atoms with E-state index in [0.29, 0.717) is 11.5 Å².